The van der Waals surface area contributed by atoms with Gasteiger partial charge in [0.1, 0.15) is 11.6 Å². The Balaban J connectivity index is 2.19. The minimum Gasteiger partial charge on any atom is -0.341 e. The molecule has 0 saturated heterocycles. The quantitative estimate of drug-likeness (QED) is 0.249. The first-order chi connectivity index (χ1) is 15.7. The average Bonchev–Trinajstić information content (AvgIpc) is 3.33. The van der Waals surface area contributed by atoms with Gasteiger partial charge in [0, 0.05) is 29.1 Å². The first-order valence-corrected chi connectivity index (χ1v) is 10.3. The van der Waals surface area contributed by atoms with Crippen molar-refractivity contribution in [3.63, 3.8) is 0 Å². The molecule has 172 valence electrons. The van der Waals surface area contributed by atoms with Crippen molar-refractivity contribution in [1.29, 1.82) is 0 Å². The van der Waals surface area contributed by atoms with E-state index < -0.39 is 35.9 Å². The molecule has 0 spiro atoms. The van der Waals surface area contributed by atoms with E-state index in [1.165, 1.54) is 48.1 Å². The van der Waals surface area contributed by atoms with Crippen LogP contribution in [-0.2, 0) is 4.79 Å². The molecule has 1 heterocycles. The molecule has 11 heteroatoms. The summed E-state index contributed by atoms with van der Waals surface area (Å²) in [6.45, 7) is 0.864. The van der Waals surface area contributed by atoms with Gasteiger partial charge in [0.05, 0.1) is 0 Å². The number of hydroxylamine groups is 1. The molecule has 4 amide bonds. The highest BCUT2D eigenvalue weighted by Gasteiger charge is 2.48. The number of alkyl halides is 2. The van der Waals surface area contributed by atoms with Crippen LogP contribution in [0.15, 0.2) is 41.1 Å². The van der Waals surface area contributed by atoms with Crippen molar-refractivity contribution in [2.24, 2.45) is 0 Å². The molecule has 2 rings (SSSR count). The van der Waals surface area contributed by atoms with Gasteiger partial charge in [-0.2, -0.15) is 11.3 Å². The van der Waals surface area contributed by atoms with Gasteiger partial charge in [-0.05, 0) is 54.5 Å². The fraction of sp³-hybridized carbons (Fsp3) is 0.227. The summed E-state index contributed by atoms with van der Waals surface area (Å²) < 4.78 is 27.6. The summed E-state index contributed by atoms with van der Waals surface area (Å²) in [6, 6.07) is 4.65. The summed E-state index contributed by atoms with van der Waals surface area (Å²) in [7, 11) is 1.19. The van der Waals surface area contributed by atoms with Gasteiger partial charge in [0.25, 0.3) is 18.2 Å². The third kappa shape index (κ3) is 6.77. The van der Waals surface area contributed by atoms with Gasteiger partial charge in [0.2, 0.25) is 0 Å². The van der Waals surface area contributed by atoms with Gasteiger partial charge in [0.15, 0.2) is 0 Å². The van der Waals surface area contributed by atoms with E-state index in [-0.39, 0.29) is 5.56 Å². The molecule has 2 atom stereocenters. The van der Waals surface area contributed by atoms with E-state index in [0.29, 0.717) is 5.56 Å². The third-order valence-corrected chi connectivity index (χ3v) is 5.14. The van der Waals surface area contributed by atoms with Crippen molar-refractivity contribution in [1.82, 2.24) is 21.4 Å². The number of rotatable bonds is 6. The fourth-order valence-corrected chi connectivity index (χ4v) is 3.16. The van der Waals surface area contributed by atoms with Crippen LogP contribution in [0.5, 0.6) is 0 Å². The van der Waals surface area contributed by atoms with E-state index in [2.05, 4.69) is 34.3 Å². The zero-order valence-electron chi connectivity index (χ0n) is 17.5. The van der Waals surface area contributed by atoms with Crippen LogP contribution in [-0.4, -0.2) is 48.1 Å². The molecule has 0 aliphatic carbocycles. The zero-order valence-corrected chi connectivity index (χ0v) is 18.3. The van der Waals surface area contributed by atoms with Crippen molar-refractivity contribution >= 4 is 29.2 Å². The van der Waals surface area contributed by atoms with Gasteiger partial charge < -0.3 is 16.0 Å². The van der Waals surface area contributed by atoms with Gasteiger partial charge in [-0.1, -0.05) is 11.8 Å². The van der Waals surface area contributed by atoms with E-state index in [1.54, 1.807) is 0 Å². The van der Waals surface area contributed by atoms with Crippen LogP contribution in [0.1, 0.15) is 28.4 Å². The Labute approximate surface area is 192 Å². The number of thiophene rings is 1. The van der Waals surface area contributed by atoms with Crippen LogP contribution >= 0.6 is 11.3 Å². The van der Waals surface area contributed by atoms with Crippen LogP contribution in [0.2, 0.25) is 0 Å². The number of halogens is 2. The van der Waals surface area contributed by atoms with E-state index >= 15 is 0 Å². The standard InChI is InChI=1S/C22H20F2N4O4S/c1-22(20(23)24,27-21(31)25-2)17(19(30)28-32)26-18(29)16-9-7-14(8-10-16)5-3-4-6-15-11-12-33-13-15/h7-13,17,20,32H,1-2H3,(H,26,29)(H,28,30)(H2,25,27,31). The number of nitrogens with one attached hydrogen (secondary N) is 4. The second kappa shape index (κ2) is 11.6. The first-order valence-electron chi connectivity index (χ1n) is 9.38. The van der Waals surface area contributed by atoms with Crippen LogP contribution in [0.4, 0.5) is 13.6 Å². The molecule has 0 fully saturated rings. The first kappa shape index (κ1) is 25.3. The highest BCUT2D eigenvalue weighted by molar-refractivity contribution is 7.08. The lowest BCUT2D eigenvalue weighted by atomic mass is 9.91. The SMILES string of the molecule is CNC(=O)NC(C)(C(F)F)C(NC(=O)c1ccc(C#CC#Cc2ccsc2)cc1)C(=O)NO. The monoisotopic (exact) mass is 474 g/mol. The summed E-state index contributed by atoms with van der Waals surface area (Å²) in [5, 5.41) is 18.9. The molecular weight excluding hydrogens is 454 g/mol. The summed E-state index contributed by atoms with van der Waals surface area (Å²) in [5.74, 6) is 8.84. The lowest BCUT2D eigenvalue weighted by Crippen LogP contribution is -2.69. The van der Waals surface area contributed by atoms with Crippen molar-refractivity contribution in [2.75, 3.05) is 7.05 Å². The van der Waals surface area contributed by atoms with Crippen LogP contribution in [0.25, 0.3) is 0 Å². The molecule has 1 aromatic carbocycles. The minimum absolute atomic E-state index is 0.0391. The van der Waals surface area contributed by atoms with E-state index in [9.17, 15) is 23.2 Å². The van der Waals surface area contributed by atoms with Gasteiger partial charge in [-0.15, -0.1) is 0 Å². The Bertz CT molecular complexity index is 1120. The lowest BCUT2D eigenvalue weighted by molar-refractivity contribution is -0.135. The molecule has 0 radical (unpaired) electrons. The molecule has 0 aliphatic heterocycles. The van der Waals surface area contributed by atoms with Gasteiger partial charge in [-0.3, -0.25) is 14.8 Å². The molecule has 2 unspecified atom stereocenters. The predicted octanol–water partition coefficient (Wildman–Crippen LogP) is 1.71. The van der Waals surface area contributed by atoms with E-state index in [4.69, 9.17) is 5.21 Å². The third-order valence-electron chi connectivity index (χ3n) is 4.46. The second-order valence-corrected chi connectivity index (χ2v) is 7.54. The maximum Gasteiger partial charge on any atom is 0.315 e. The number of hydrogen-bond acceptors (Lipinski definition) is 5. The maximum absolute atomic E-state index is 13.8. The highest BCUT2D eigenvalue weighted by Crippen LogP contribution is 2.21. The molecule has 5 N–H and O–H groups in total. The highest BCUT2D eigenvalue weighted by atomic mass is 32.1. The van der Waals surface area contributed by atoms with Crippen LogP contribution < -0.4 is 21.4 Å². The Hall–Kier alpha value is -3.93. The van der Waals surface area contributed by atoms with E-state index in [0.717, 1.165) is 12.5 Å². The summed E-state index contributed by atoms with van der Waals surface area (Å²) >= 11 is 1.52. The second-order valence-electron chi connectivity index (χ2n) is 6.76. The Morgan fingerprint density at radius 3 is 2.21 bits per heavy atom. The number of urea groups is 1. The molecule has 0 bridgehead atoms. The fourth-order valence-electron chi connectivity index (χ4n) is 2.57. The number of hydrogen-bond donors (Lipinski definition) is 5. The molecule has 0 saturated carbocycles. The maximum atomic E-state index is 13.8. The summed E-state index contributed by atoms with van der Waals surface area (Å²) in [6.07, 6.45) is -3.27. The van der Waals surface area contributed by atoms with Crippen molar-refractivity contribution in [3.8, 4) is 23.7 Å². The van der Waals surface area contributed by atoms with Gasteiger partial charge in [-0.25, -0.2) is 19.1 Å². The Kier molecular flexibility index (Phi) is 8.92. The number of amides is 4. The topological polar surface area (TPSA) is 120 Å². The molecule has 8 nitrogen and oxygen atoms in total. The molecule has 2 aromatic rings. The number of carbonyl (C=O) groups is 3. The Morgan fingerprint density at radius 2 is 1.70 bits per heavy atom. The van der Waals surface area contributed by atoms with E-state index in [1.807, 2.05) is 22.1 Å². The molecular formula is C22H20F2N4O4S. The predicted molar refractivity (Wildman–Crippen MR) is 118 cm³/mol. The minimum atomic E-state index is -3.27. The van der Waals surface area contributed by atoms with Crippen molar-refractivity contribution in [3.05, 3.63) is 57.8 Å². The largest absolute Gasteiger partial charge is 0.341 e. The average molecular weight is 474 g/mol. The smallest absolute Gasteiger partial charge is 0.315 e. The van der Waals surface area contributed by atoms with Gasteiger partial charge >= 0.3 is 6.03 Å². The number of carbonyl (C=O) groups excluding carboxylic acids is 3. The zero-order chi connectivity index (χ0) is 24.4. The summed E-state index contributed by atoms with van der Waals surface area (Å²) in [5.41, 5.74) is 0.141. The molecule has 1 aromatic heterocycles. The molecule has 0 aliphatic rings. The molecule has 33 heavy (non-hydrogen) atoms. The van der Waals surface area contributed by atoms with Crippen LogP contribution in [0, 0.1) is 23.7 Å². The lowest BCUT2D eigenvalue weighted by Gasteiger charge is -2.36. The normalized spacial score (nSPS) is 12.7. The van der Waals surface area contributed by atoms with Crippen molar-refractivity contribution in [2.45, 2.75) is 24.9 Å². The Morgan fingerprint density at radius 1 is 1.06 bits per heavy atom. The van der Waals surface area contributed by atoms with Crippen LogP contribution in [0.3, 0.4) is 0 Å². The number of benzene rings is 1. The summed E-state index contributed by atoms with van der Waals surface area (Å²) in [4.78, 5) is 36.3. The van der Waals surface area contributed by atoms with Crippen molar-refractivity contribution < 1.29 is 28.4 Å².